The maximum Gasteiger partial charge on any atom is 0.162 e. The van der Waals surface area contributed by atoms with Crippen LogP contribution < -0.4 is 4.90 Å². The van der Waals surface area contributed by atoms with E-state index in [1.54, 1.807) is 5.57 Å². The monoisotopic (exact) mass is 541 g/mol. The van der Waals surface area contributed by atoms with Gasteiger partial charge in [0.05, 0.1) is 0 Å². The van der Waals surface area contributed by atoms with Crippen molar-refractivity contribution in [3.63, 3.8) is 0 Å². The predicted molar refractivity (Wildman–Crippen MR) is 157 cm³/mol. The zero-order valence-corrected chi connectivity index (χ0v) is 23.9. The summed E-state index contributed by atoms with van der Waals surface area (Å²) in [5, 5.41) is 8.87. The van der Waals surface area contributed by atoms with Crippen LogP contribution in [0.15, 0.2) is 47.1 Å². The lowest BCUT2D eigenvalue weighted by atomic mass is 9.51. The molecule has 0 aromatic heterocycles. The molecule has 1 saturated heterocycles. The first kappa shape index (κ1) is 27.5. The molecule has 2 saturated carbocycles. The van der Waals surface area contributed by atoms with Crippen LogP contribution in [0.4, 0.5) is 5.69 Å². The van der Waals surface area contributed by atoms with Crippen LogP contribution in [0.1, 0.15) is 82.6 Å². The lowest BCUT2D eigenvalue weighted by molar-refractivity contribution is -0.131. The molecule has 212 valence electrons. The summed E-state index contributed by atoms with van der Waals surface area (Å²) in [6, 6.07) is 9.34. The van der Waals surface area contributed by atoms with Crippen molar-refractivity contribution in [1.29, 1.82) is 0 Å². The van der Waals surface area contributed by atoms with E-state index < -0.39 is 0 Å². The van der Waals surface area contributed by atoms with Gasteiger partial charge in [-0.2, -0.15) is 0 Å². The molecular weight excluding hydrogens is 498 g/mol. The zero-order chi connectivity index (χ0) is 27.7. The summed E-state index contributed by atoms with van der Waals surface area (Å²) in [7, 11) is 0. The van der Waals surface area contributed by atoms with Crippen LogP contribution >= 0.6 is 0 Å². The molecule has 1 heterocycles. The van der Waals surface area contributed by atoms with Gasteiger partial charge >= 0.3 is 0 Å². The van der Waals surface area contributed by atoms with Crippen molar-refractivity contribution in [2.45, 2.75) is 77.0 Å². The van der Waals surface area contributed by atoms with Crippen LogP contribution in [-0.4, -0.2) is 49.6 Å². The maximum absolute atomic E-state index is 13.5. The largest absolute Gasteiger partial charge is 0.384 e. The standard InChI is InChI=1S/C35H43NO4/c1-35-22-30(24-7-10-26(11-8-24)36-17-3-2-4-18-36)34-28-14-12-27(38)21-25(28)9-13-29(34)31(35)15-16-32(35)33(39)23-40-20-6-5-19-37/h7-8,10-11,21,29-32,37H,2-4,9,12-20,22-23H2,1H3/t29-,30+,31-,32+,35-/m0/s1. The van der Waals surface area contributed by atoms with Crippen molar-refractivity contribution in [3.8, 4) is 11.8 Å². The highest BCUT2D eigenvalue weighted by atomic mass is 16.5. The Labute approximate surface area is 239 Å². The van der Waals surface area contributed by atoms with Crippen molar-refractivity contribution in [2.75, 3.05) is 37.8 Å². The molecule has 1 aromatic rings. The fourth-order valence-corrected chi connectivity index (χ4v) is 8.97. The summed E-state index contributed by atoms with van der Waals surface area (Å²) in [6.45, 7) is 4.74. The average molecular weight is 542 g/mol. The highest BCUT2D eigenvalue weighted by Gasteiger charge is 2.58. The Morgan fingerprint density at radius 2 is 1.85 bits per heavy atom. The molecule has 5 aliphatic rings. The number of aliphatic hydroxyl groups excluding tert-OH is 1. The van der Waals surface area contributed by atoms with Gasteiger partial charge in [0.15, 0.2) is 11.6 Å². The molecule has 6 rings (SSSR count). The van der Waals surface area contributed by atoms with E-state index in [4.69, 9.17) is 9.84 Å². The number of aliphatic hydroxyl groups is 1. The van der Waals surface area contributed by atoms with Gasteiger partial charge in [-0.1, -0.05) is 36.5 Å². The molecule has 4 aliphatic carbocycles. The quantitative estimate of drug-likeness (QED) is 0.366. The first-order valence-electron chi connectivity index (χ1n) is 15.5. The molecule has 3 fully saturated rings. The number of ketones is 2. The third-order valence-electron chi connectivity index (χ3n) is 10.8. The van der Waals surface area contributed by atoms with Gasteiger partial charge < -0.3 is 14.7 Å². The van der Waals surface area contributed by atoms with Crippen LogP contribution in [-0.2, 0) is 14.3 Å². The van der Waals surface area contributed by atoms with Gasteiger partial charge in [0, 0.05) is 37.0 Å². The molecule has 0 spiro atoms. The highest BCUT2D eigenvalue weighted by molar-refractivity contribution is 5.93. The summed E-state index contributed by atoms with van der Waals surface area (Å²) in [6.07, 6.45) is 12.3. The van der Waals surface area contributed by atoms with Gasteiger partial charge in [-0.15, -0.1) is 0 Å². The van der Waals surface area contributed by atoms with Crippen LogP contribution in [0.25, 0.3) is 0 Å². The maximum atomic E-state index is 13.5. The molecule has 0 radical (unpaired) electrons. The van der Waals surface area contributed by atoms with E-state index in [0.717, 1.165) is 51.6 Å². The number of hydrogen-bond acceptors (Lipinski definition) is 5. The minimum absolute atomic E-state index is 0.00477. The molecule has 5 atom stereocenters. The summed E-state index contributed by atoms with van der Waals surface area (Å²) >= 11 is 0. The number of allylic oxidation sites excluding steroid dienone is 4. The van der Waals surface area contributed by atoms with Gasteiger partial charge in [-0.05, 0) is 110 Å². The Morgan fingerprint density at radius 1 is 1.05 bits per heavy atom. The Hall–Kier alpha value is -2.68. The number of piperidine rings is 1. The van der Waals surface area contributed by atoms with E-state index in [1.807, 2.05) is 6.08 Å². The van der Waals surface area contributed by atoms with Crippen LogP contribution in [0.3, 0.4) is 0 Å². The molecule has 1 aliphatic heterocycles. The number of carbonyl (C=O) groups is 2. The second-order valence-electron chi connectivity index (χ2n) is 12.8. The average Bonchev–Trinajstić information content (AvgIpc) is 3.33. The van der Waals surface area contributed by atoms with Gasteiger partial charge in [-0.3, -0.25) is 9.59 Å². The fraction of sp³-hybridized carbons (Fsp3) is 0.600. The van der Waals surface area contributed by atoms with Crippen molar-refractivity contribution in [3.05, 3.63) is 52.6 Å². The van der Waals surface area contributed by atoms with E-state index in [2.05, 4.69) is 47.9 Å². The Kier molecular flexibility index (Phi) is 8.02. The molecule has 40 heavy (non-hydrogen) atoms. The molecule has 5 nitrogen and oxygen atoms in total. The minimum Gasteiger partial charge on any atom is -0.384 e. The van der Waals surface area contributed by atoms with E-state index in [0.29, 0.717) is 18.3 Å². The molecular formula is C35H43NO4. The SMILES string of the molecule is C[C@]12C[C@H](c3ccc(N4CCCCC4)cc3)C3=C4CCC(=O)C=C4CC[C@H]3[C@@H]1CC[C@@H]2C(=O)COCC#CCO. The number of hydrogen-bond donors (Lipinski definition) is 1. The lowest BCUT2D eigenvalue weighted by Crippen LogP contribution is -2.45. The van der Waals surface area contributed by atoms with Gasteiger partial charge in [0.25, 0.3) is 0 Å². The predicted octanol–water partition coefficient (Wildman–Crippen LogP) is 5.77. The zero-order valence-electron chi connectivity index (χ0n) is 23.9. The van der Waals surface area contributed by atoms with Crippen LogP contribution in [0.2, 0.25) is 0 Å². The Bertz CT molecular complexity index is 1260. The van der Waals surface area contributed by atoms with Crippen molar-refractivity contribution in [2.24, 2.45) is 23.2 Å². The number of ether oxygens (including phenoxy) is 1. The number of nitrogens with zero attached hydrogens (tertiary/aromatic N) is 1. The van der Waals surface area contributed by atoms with Crippen molar-refractivity contribution < 1.29 is 19.4 Å². The summed E-state index contributed by atoms with van der Waals surface area (Å²) < 4.78 is 5.62. The van der Waals surface area contributed by atoms with Crippen molar-refractivity contribution in [1.82, 2.24) is 0 Å². The third-order valence-corrected chi connectivity index (χ3v) is 10.8. The summed E-state index contributed by atoms with van der Waals surface area (Å²) in [5.74, 6) is 7.05. The number of benzene rings is 1. The highest BCUT2D eigenvalue weighted by Crippen LogP contribution is 2.65. The molecule has 0 bridgehead atoms. The normalized spacial score (nSPS) is 31.5. The fourth-order valence-electron chi connectivity index (χ4n) is 8.97. The Balaban J connectivity index is 1.33. The third kappa shape index (κ3) is 5.10. The van der Waals surface area contributed by atoms with E-state index in [-0.39, 0.29) is 48.6 Å². The van der Waals surface area contributed by atoms with Gasteiger partial charge in [0.2, 0.25) is 0 Å². The summed E-state index contributed by atoms with van der Waals surface area (Å²) in [4.78, 5) is 28.4. The smallest absolute Gasteiger partial charge is 0.162 e. The molecule has 1 N–H and O–H groups in total. The molecule has 0 unspecified atom stereocenters. The number of rotatable bonds is 6. The second-order valence-corrected chi connectivity index (χ2v) is 12.8. The molecule has 1 aromatic carbocycles. The number of anilines is 1. The van der Waals surface area contributed by atoms with Gasteiger partial charge in [-0.25, -0.2) is 0 Å². The number of Topliss-reactive ketones (excluding diaryl/α,β-unsaturated/α-hetero) is 1. The van der Waals surface area contributed by atoms with Crippen molar-refractivity contribution >= 4 is 17.3 Å². The first-order valence-corrected chi connectivity index (χ1v) is 15.5. The van der Waals surface area contributed by atoms with Crippen LogP contribution in [0.5, 0.6) is 0 Å². The lowest BCUT2D eigenvalue weighted by Gasteiger charge is -2.52. The molecule has 5 heteroatoms. The molecule has 0 amide bonds. The van der Waals surface area contributed by atoms with E-state index in [1.165, 1.54) is 41.7 Å². The number of carbonyl (C=O) groups excluding carboxylic acids is 2. The van der Waals surface area contributed by atoms with E-state index in [9.17, 15) is 9.59 Å². The Morgan fingerprint density at radius 3 is 2.62 bits per heavy atom. The second kappa shape index (κ2) is 11.7. The van der Waals surface area contributed by atoms with Gasteiger partial charge in [0.1, 0.15) is 19.8 Å². The summed E-state index contributed by atoms with van der Waals surface area (Å²) in [5.41, 5.74) is 6.93. The van der Waals surface area contributed by atoms with Crippen LogP contribution in [0, 0.1) is 35.0 Å². The number of fused-ring (bicyclic) bond motifs is 4. The van der Waals surface area contributed by atoms with E-state index >= 15 is 0 Å². The minimum atomic E-state index is -0.190. The topological polar surface area (TPSA) is 66.8 Å². The first-order chi connectivity index (χ1) is 19.5.